The van der Waals surface area contributed by atoms with Crippen molar-refractivity contribution in [3.8, 4) is 0 Å². The van der Waals surface area contributed by atoms with Crippen molar-refractivity contribution in [1.29, 1.82) is 0 Å². The summed E-state index contributed by atoms with van der Waals surface area (Å²) in [5.74, 6) is 5.29. The molecule has 1 aromatic carbocycles. The minimum absolute atomic E-state index is 0.159. The van der Waals surface area contributed by atoms with Gasteiger partial charge < -0.3 is 0 Å². The highest BCUT2D eigenvalue weighted by Gasteiger charge is 2.15. The summed E-state index contributed by atoms with van der Waals surface area (Å²) in [6, 6.07) is 7.95. The minimum atomic E-state index is -0.307. The van der Waals surface area contributed by atoms with E-state index in [2.05, 4.69) is 10.4 Å². The average molecular weight is 280 g/mol. The van der Waals surface area contributed by atoms with E-state index in [0.717, 1.165) is 11.3 Å². The Kier molecular flexibility index (Phi) is 4.47. The molecular weight excluding hydrogens is 265 g/mol. The Hall–Kier alpha value is -1.49. The van der Waals surface area contributed by atoms with Gasteiger partial charge in [-0.05, 0) is 48.7 Å². The number of hydrazine groups is 1. The van der Waals surface area contributed by atoms with Crippen LogP contribution in [0.1, 0.15) is 22.9 Å². The molecule has 0 saturated heterocycles. The van der Waals surface area contributed by atoms with Crippen LogP contribution in [0.4, 0.5) is 4.39 Å². The van der Waals surface area contributed by atoms with Gasteiger partial charge in [0.1, 0.15) is 5.82 Å². The summed E-state index contributed by atoms with van der Waals surface area (Å²) in [4.78, 5) is 4.23. The normalized spacial score (nSPS) is 12.4. The smallest absolute Gasteiger partial charge is 0.123 e. The van der Waals surface area contributed by atoms with Crippen LogP contribution < -0.4 is 11.3 Å². The molecule has 2 aromatic rings. The zero-order valence-corrected chi connectivity index (χ0v) is 11.3. The van der Waals surface area contributed by atoms with Crippen LogP contribution >= 0.6 is 11.6 Å². The van der Waals surface area contributed by atoms with Crippen molar-refractivity contribution in [2.75, 3.05) is 0 Å². The number of hydrogen-bond acceptors (Lipinski definition) is 3. The zero-order chi connectivity index (χ0) is 13.8. The molecule has 0 aliphatic carbocycles. The fourth-order valence-electron chi connectivity index (χ4n) is 2.04. The molecule has 1 heterocycles. The van der Waals surface area contributed by atoms with Crippen LogP contribution in [0.5, 0.6) is 0 Å². The van der Waals surface area contributed by atoms with E-state index in [9.17, 15) is 4.39 Å². The van der Waals surface area contributed by atoms with Crippen LogP contribution in [-0.2, 0) is 6.42 Å². The molecule has 100 valence electrons. The molecule has 0 aliphatic heterocycles. The van der Waals surface area contributed by atoms with Crippen molar-refractivity contribution in [3.63, 3.8) is 0 Å². The SMILES string of the molecule is Cc1ncccc1C(Cc1cc(F)ccc1Cl)NN. The van der Waals surface area contributed by atoms with Crippen LogP contribution in [-0.4, -0.2) is 4.98 Å². The quantitative estimate of drug-likeness (QED) is 0.668. The summed E-state index contributed by atoms with van der Waals surface area (Å²) in [7, 11) is 0. The van der Waals surface area contributed by atoms with Gasteiger partial charge in [-0.2, -0.15) is 0 Å². The van der Waals surface area contributed by atoms with E-state index in [1.54, 1.807) is 12.3 Å². The number of aryl methyl sites for hydroxylation is 1. The largest absolute Gasteiger partial charge is 0.271 e. The lowest BCUT2D eigenvalue weighted by atomic mass is 9.98. The molecule has 0 fully saturated rings. The molecule has 5 heteroatoms. The number of rotatable bonds is 4. The van der Waals surface area contributed by atoms with Gasteiger partial charge in [0.05, 0.1) is 6.04 Å². The van der Waals surface area contributed by atoms with Crippen LogP contribution in [0.2, 0.25) is 5.02 Å². The number of nitrogens with two attached hydrogens (primary N) is 1. The van der Waals surface area contributed by atoms with E-state index in [-0.39, 0.29) is 11.9 Å². The Labute approximate surface area is 116 Å². The number of halogens is 2. The van der Waals surface area contributed by atoms with E-state index in [1.165, 1.54) is 12.1 Å². The number of aromatic nitrogens is 1. The van der Waals surface area contributed by atoms with Gasteiger partial charge in [0.25, 0.3) is 0 Å². The molecule has 1 aromatic heterocycles. The highest BCUT2D eigenvalue weighted by molar-refractivity contribution is 6.31. The van der Waals surface area contributed by atoms with E-state index < -0.39 is 0 Å². The van der Waals surface area contributed by atoms with Gasteiger partial charge in [-0.25, -0.2) is 4.39 Å². The number of nitrogens with zero attached hydrogens (tertiary/aromatic N) is 1. The second-order valence-corrected chi connectivity index (χ2v) is 4.74. The molecule has 0 saturated carbocycles. The lowest BCUT2D eigenvalue weighted by Crippen LogP contribution is -2.30. The summed E-state index contributed by atoms with van der Waals surface area (Å²) < 4.78 is 13.3. The molecule has 1 unspecified atom stereocenters. The molecule has 0 bridgehead atoms. The number of nitrogens with one attached hydrogen (secondary N) is 1. The maximum atomic E-state index is 13.3. The summed E-state index contributed by atoms with van der Waals surface area (Å²) in [6.45, 7) is 1.91. The fraction of sp³-hybridized carbons (Fsp3) is 0.214. The predicted molar refractivity (Wildman–Crippen MR) is 74.2 cm³/mol. The van der Waals surface area contributed by atoms with Gasteiger partial charge in [0.2, 0.25) is 0 Å². The highest BCUT2D eigenvalue weighted by atomic mass is 35.5. The van der Waals surface area contributed by atoms with Crippen LogP contribution in [0.25, 0.3) is 0 Å². The van der Waals surface area contributed by atoms with Crippen molar-refractivity contribution in [2.24, 2.45) is 5.84 Å². The number of hydrogen-bond donors (Lipinski definition) is 2. The van der Waals surface area contributed by atoms with Gasteiger partial charge in [-0.1, -0.05) is 17.7 Å². The number of pyridine rings is 1. The van der Waals surface area contributed by atoms with Gasteiger partial charge in [-0.3, -0.25) is 16.3 Å². The Morgan fingerprint density at radius 2 is 2.21 bits per heavy atom. The summed E-state index contributed by atoms with van der Waals surface area (Å²) in [6.07, 6.45) is 2.22. The van der Waals surface area contributed by atoms with E-state index in [1.807, 2.05) is 19.1 Å². The summed E-state index contributed by atoms with van der Waals surface area (Å²) in [5.41, 5.74) is 5.31. The van der Waals surface area contributed by atoms with Gasteiger partial charge in [0, 0.05) is 16.9 Å². The Morgan fingerprint density at radius 3 is 2.89 bits per heavy atom. The first-order valence-electron chi connectivity index (χ1n) is 5.93. The Bertz CT molecular complexity index is 574. The fourth-order valence-corrected chi connectivity index (χ4v) is 2.24. The predicted octanol–water partition coefficient (Wildman–Crippen LogP) is 2.93. The highest BCUT2D eigenvalue weighted by Crippen LogP contribution is 2.25. The van der Waals surface area contributed by atoms with Crippen molar-refractivity contribution < 1.29 is 4.39 Å². The van der Waals surface area contributed by atoms with Crippen molar-refractivity contribution >= 4 is 11.6 Å². The third-order valence-electron chi connectivity index (χ3n) is 3.06. The number of benzene rings is 1. The monoisotopic (exact) mass is 279 g/mol. The van der Waals surface area contributed by atoms with Gasteiger partial charge in [0.15, 0.2) is 0 Å². The van der Waals surface area contributed by atoms with Crippen LogP contribution in [0.15, 0.2) is 36.5 Å². The molecule has 3 nitrogen and oxygen atoms in total. The Morgan fingerprint density at radius 1 is 1.42 bits per heavy atom. The van der Waals surface area contributed by atoms with E-state index in [0.29, 0.717) is 17.0 Å². The minimum Gasteiger partial charge on any atom is -0.271 e. The third kappa shape index (κ3) is 3.29. The van der Waals surface area contributed by atoms with Gasteiger partial charge in [-0.15, -0.1) is 0 Å². The first-order chi connectivity index (χ1) is 9.11. The first kappa shape index (κ1) is 13.9. The molecule has 0 aliphatic rings. The standard InChI is InChI=1S/C14H15ClFN3/c1-9-12(3-2-6-18-9)14(19-17)8-10-7-11(16)4-5-13(10)15/h2-7,14,19H,8,17H2,1H3. The van der Waals surface area contributed by atoms with Crippen LogP contribution in [0, 0.1) is 12.7 Å². The van der Waals surface area contributed by atoms with Crippen LogP contribution in [0.3, 0.4) is 0 Å². The van der Waals surface area contributed by atoms with E-state index in [4.69, 9.17) is 17.4 Å². The molecule has 19 heavy (non-hydrogen) atoms. The zero-order valence-electron chi connectivity index (χ0n) is 10.5. The lowest BCUT2D eigenvalue weighted by molar-refractivity contribution is 0.544. The second-order valence-electron chi connectivity index (χ2n) is 4.34. The Balaban J connectivity index is 2.29. The van der Waals surface area contributed by atoms with Gasteiger partial charge >= 0.3 is 0 Å². The topological polar surface area (TPSA) is 50.9 Å². The van der Waals surface area contributed by atoms with Crippen molar-refractivity contribution in [2.45, 2.75) is 19.4 Å². The molecule has 3 N–H and O–H groups in total. The maximum absolute atomic E-state index is 13.3. The second kappa shape index (κ2) is 6.10. The van der Waals surface area contributed by atoms with Crippen molar-refractivity contribution in [1.82, 2.24) is 10.4 Å². The molecule has 0 spiro atoms. The van der Waals surface area contributed by atoms with E-state index >= 15 is 0 Å². The molecule has 2 rings (SSSR count). The molecule has 0 radical (unpaired) electrons. The average Bonchev–Trinajstić information content (AvgIpc) is 2.41. The molecule has 0 amide bonds. The maximum Gasteiger partial charge on any atom is 0.123 e. The first-order valence-corrected chi connectivity index (χ1v) is 6.31. The molecular formula is C14H15ClFN3. The summed E-state index contributed by atoms with van der Waals surface area (Å²) >= 11 is 6.07. The lowest BCUT2D eigenvalue weighted by Gasteiger charge is -2.18. The summed E-state index contributed by atoms with van der Waals surface area (Å²) in [5, 5.41) is 0.531. The molecule has 1 atom stereocenters. The third-order valence-corrected chi connectivity index (χ3v) is 3.42. The van der Waals surface area contributed by atoms with Crippen molar-refractivity contribution in [3.05, 3.63) is 64.2 Å².